The van der Waals surface area contributed by atoms with Crippen LogP contribution < -0.4 is 0 Å². The van der Waals surface area contributed by atoms with Gasteiger partial charge in [-0.15, -0.1) is 0 Å². The standard InChI is InChI=1S/C49H31N7/c1-4-12-32(13-5-1)42-30-37(31-43(54-42)33-14-6-2-7-15-33)56-45-23-19-35(49-52-26-11-27-53-49)29-41(45)39-21-20-38-40-28-34(48-50-24-10-25-51-48)18-22-44(40)55(46(38)47(39)56)36-16-8-3-9-17-36/h1-31H. The van der Waals surface area contributed by atoms with E-state index in [4.69, 9.17) is 4.98 Å². The third kappa shape index (κ3) is 5.17. The Morgan fingerprint density at radius 1 is 0.321 bits per heavy atom. The minimum atomic E-state index is 0.687. The van der Waals surface area contributed by atoms with Gasteiger partial charge in [0.15, 0.2) is 11.6 Å². The van der Waals surface area contributed by atoms with Crippen LogP contribution >= 0.6 is 0 Å². The maximum atomic E-state index is 5.25. The number of benzene rings is 6. The quantitative estimate of drug-likeness (QED) is 0.171. The molecule has 7 nitrogen and oxygen atoms in total. The first-order chi connectivity index (χ1) is 27.8. The minimum absolute atomic E-state index is 0.687. The van der Waals surface area contributed by atoms with Crippen molar-refractivity contribution in [3.05, 3.63) is 189 Å². The van der Waals surface area contributed by atoms with Crippen molar-refractivity contribution in [1.29, 1.82) is 0 Å². The van der Waals surface area contributed by atoms with Gasteiger partial charge in [0.25, 0.3) is 0 Å². The monoisotopic (exact) mass is 717 g/mol. The molecule has 0 radical (unpaired) electrons. The van der Waals surface area contributed by atoms with E-state index in [1.165, 1.54) is 0 Å². The number of pyridine rings is 1. The summed E-state index contributed by atoms with van der Waals surface area (Å²) in [7, 11) is 0. The summed E-state index contributed by atoms with van der Waals surface area (Å²) in [6.45, 7) is 0. The number of hydrogen-bond donors (Lipinski definition) is 0. The van der Waals surface area contributed by atoms with Crippen LogP contribution in [-0.2, 0) is 0 Å². The Morgan fingerprint density at radius 2 is 0.750 bits per heavy atom. The Morgan fingerprint density at radius 3 is 1.21 bits per heavy atom. The summed E-state index contributed by atoms with van der Waals surface area (Å²) >= 11 is 0. The molecule has 0 aliphatic carbocycles. The fourth-order valence-corrected chi connectivity index (χ4v) is 8.05. The van der Waals surface area contributed by atoms with Crippen LogP contribution in [0.3, 0.4) is 0 Å². The number of fused-ring (bicyclic) bond motifs is 7. The lowest BCUT2D eigenvalue weighted by Gasteiger charge is -2.15. The van der Waals surface area contributed by atoms with E-state index in [1.807, 2.05) is 24.3 Å². The van der Waals surface area contributed by atoms with Crippen LogP contribution in [0.15, 0.2) is 189 Å². The molecule has 0 bridgehead atoms. The lowest BCUT2D eigenvalue weighted by Crippen LogP contribution is -2.00. The topological polar surface area (TPSA) is 74.3 Å². The molecule has 11 rings (SSSR count). The molecule has 0 N–H and O–H groups in total. The molecule has 7 heteroatoms. The number of para-hydroxylation sites is 1. The van der Waals surface area contributed by atoms with E-state index in [1.54, 1.807) is 24.8 Å². The Kier molecular flexibility index (Phi) is 7.35. The highest BCUT2D eigenvalue weighted by Crippen LogP contribution is 2.44. The van der Waals surface area contributed by atoms with E-state index in [2.05, 4.69) is 169 Å². The summed E-state index contributed by atoms with van der Waals surface area (Å²) in [6.07, 6.45) is 7.16. The first-order valence-electron chi connectivity index (χ1n) is 18.6. The summed E-state index contributed by atoms with van der Waals surface area (Å²) in [4.78, 5) is 23.7. The van der Waals surface area contributed by atoms with Crippen molar-refractivity contribution in [3.8, 4) is 56.7 Å². The molecule has 0 saturated carbocycles. The largest absolute Gasteiger partial charge is 0.307 e. The van der Waals surface area contributed by atoms with E-state index < -0.39 is 0 Å². The molecule has 0 aliphatic rings. The van der Waals surface area contributed by atoms with Gasteiger partial charge in [-0.2, -0.15) is 0 Å². The smallest absolute Gasteiger partial charge is 0.159 e. The zero-order chi connectivity index (χ0) is 37.0. The molecule has 56 heavy (non-hydrogen) atoms. The number of aromatic nitrogens is 7. The molecule has 5 heterocycles. The molecule has 11 aromatic rings. The fraction of sp³-hybridized carbons (Fsp3) is 0. The van der Waals surface area contributed by atoms with Gasteiger partial charge < -0.3 is 9.13 Å². The van der Waals surface area contributed by atoms with E-state index in [0.717, 1.165) is 88.6 Å². The molecule has 5 aromatic heterocycles. The van der Waals surface area contributed by atoms with Crippen molar-refractivity contribution in [2.45, 2.75) is 0 Å². The van der Waals surface area contributed by atoms with Crippen molar-refractivity contribution < 1.29 is 0 Å². The number of rotatable bonds is 6. The van der Waals surface area contributed by atoms with Gasteiger partial charge in [-0.3, -0.25) is 0 Å². The fourth-order valence-electron chi connectivity index (χ4n) is 8.05. The molecule has 0 aliphatic heterocycles. The summed E-state index contributed by atoms with van der Waals surface area (Å²) < 4.78 is 4.82. The summed E-state index contributed by atoms with van der Waals surface area (Å²) in [6, 6.07) is 57.2. The van der Waals surface area contributed by atoms with Gasteiger partial charge in [-0.05, 0) is 72.8 Å². The average Bonchev–Trinajstić information content (AvgIpc) is 3.80. The second kappa shape index (κ2) is 13.0. The van der Waals surface area contributed by atoms with Crippen molar-refractivity contribution in [1.82, 2.24) is 34.1 Å². The first kappa shape index (κ1) is 31.7. The summed E-state index contributed by atoms with van der Waals surface area (Å²) in [5, 5.41) is 4.48. The molecular weight excluding hydrogens is 687 g/mol. The molecule has 0 unspecified atom stereocenters. The predicted molar refractivity (Wildman–Crippen MR) is 226 cm³/mol. The van der Waals surface area contributed by atoms with Crippen LogP contribution in [0.5, 0.6) is 0 Å². The average molecular weight is 718 g/mol. The van der Waals surface area contributed by atoms with Crippen LogP contribution in [0.1, 0.15) is 0 Å². The van der Waals surface area contributed by atoms with Crippen molar-refractivity contribution in [2.75, 3.05) is 0 Å². The van der Waals surface area contributed by atoms with Crippen LogP contribution in [0.25, 0.3) is 100 Å². The van der Waals surface area contributed by atoms with Gasteiger partial charge in [0, 0.05) is 74.3 Å². The maximum absolute atomic E-state index is 5.25. The molecule has 0 spiro atoms. The van der Waals surface area contributed by atoms with Gasteiger partial charge in [-0.1, -0.05) is 91.0 Å². The molecule has 0 fully saturated rings. The third-order valence-corrected chi connectivity index (χ3v) is 10.5. The molecule has 0 amide bonds. The van der Waals surface area contributed by atoms with Gasteiger partial charge >= 0.3 is 0 Å². The molecule has 262 valence electrons. The highest BCUT2D eigenvalue weighted by atomic mass is 15.0. The minimum Gasteiger partial charge on any atom is -0.307 e. The summed E-state index contributed by atoms with van der Waals surface area (Å²) in [5.41, 5.74) is 12.3. The van der Waals surface area contributed by atoms with Gasteiger partial charge in [0.05, 0.1) is 39.1 Å². The Hall–Kier alpha value is -7.77. The lowest BCUT2D eigenvalue weighted by atomic mass is 10.1. The van der Waals surface area contributed by atoms with Crippen LogP contribution in [0.2, 0.25) is 0 Å². The summed E-state index contributed by atoms with van der Waals surface area (Å²) in [5.74, 6) is 1.38. The number of nitrogens with zero attached hydrogens (tertiary/aromatic N) is 7. The second-order valence-corrected chi connectivity index (χ2v) is 13.8. The third-order valence-electron chi connectivity index (χ3n) is 10.5. The van der Waals surface area contributed by atoms with E-state index >= 15 is 0 Å². The van der Waals surface area contributed by atoms with Crippen LogP contribution in [0, 0.1) is 0 Å². The molecular formula is C49H31N7. The predicted octanol–water partition coefficient (Wildman–Crippen LogP) is 11.5. The molecule has 6 aromatic carbocycles. The maximum Gasteiger partial charge on any atom is 0.159 e. The van der Waals surface area contributed by atoms with E-state index in [9.17, 15) is 0 Å². The first-order valence-corrected chi connectivity index (χ1v) is 18.6. The van der Waals surface area contributed by atoms with E-state index in [-0.39, 0.29) is 0 Å². The van der Waals surface area contributed by atoms with Gasteiger partial charge in [-0.25, -0.2) is 24.9 Å². The highest BCUT2D eigenvalue weighted by Gasteiger charge is 2.23. The number of hydrogen-bond acceptors (Lipinski definition) is 5. The van der Waals surface area contributed by atoms with Crippen LogP contribution in [-0.4, -0.2) is 34.1 Å². The van der Waals surface area contributed by atoms with E-state index in [0.29, 0.717) is 11.6 Å². The van der Waals surface area contributed by atoms with Crippen molar-refractivity contribution in [2.24, 2.45) is 0 Å². The Bertz CT molecular complexity index is 3160. The van der Waals surface area contributed by atoms with Crippen LogP contribution in [0.4, 0.5) is 0 Å². The van der Waals surface area contributed by atoms with Gasteiger partial charge in [0.2, 0.25) is 0 Å². The Balaban J connectivity index is 1.31. The Labute approximate surface area is 321 Å². The normalized spacial score (nSPS) is 11.6. The van der Waals surface area contributed by atoms with Gasteiger partial charge in [0.1, 0.15) is 0 Å². The molecule has 0 atom stereocenters. The second-order valence-electron chi connectivity index (χ2n) is 13.8. The molecule has 0 saturated heterocycles. The van der Waals surface area contributed by atoms with Crippen molar-refractivity contribution in [3.63, 3.8) is 0 Å². The van der Waals surface area contributed by atoms with Crippen molar-refractivity contribution >= 4 is 43.6 Å². The highest BCUT2D eigenvalue weighted by molar-refractivity contribution is 6.24. The SMILES string of the molecule is c1ccc(-c2cc(-n3c4ccc(-c5ncccn5)cc4c4ccc5c6cc(-c7ncccn7)ccc6n(-c6ccccc6)c5c43)cc(-c3ccccc3)n2)cc1. The lowest BCUT2D eigenvalue weighted by molar-refractivity contribution is 1.14. The zero-order valence-electron chi connectivity index (χ0n) is 30.0. The zero-order valence-corrected chi connectivity index (χ0v) is 30.0.